The van der Waals surface area contributed by atoms with Crippen LogP contribution in [-0.2, 0) is 29.7 Å². The first-order valence-electron chi connectivity index (χ1n) is 17.2. The van der Waals surface area contributed by atoms with E-state index in [1.54, 1.807) is 31.0 Å². The standard InChI is InChI=1S/C37H44ClN9O4/c1-22-28(6-5-7-30(22)44-36(50)35-42-21-27(46(35)3)20-41-25-13-16-47(17-14-25)23(2)48)34-33(38)29(12-15-40-34)31-10-8-24(37(45-31)51-4)18-39-19-26-9-11-32(49)43-26/h5-8,10,12,15,21,25-26,39,41H,9,11,13-14,16-20H2,1-4H3,(H,43,49)(H,44,50)/t26-/m0/s1. The molecule has 0 saturated carbocycles. The molecule has 2 aliphatic rings. The van der Waals surface area contributed by atoms with Crippen molar-refractivity contribution >= 4 is 35.0 Å². The Balaban J connectivity index is 1.13. The summed E-state index contributed by atoms with van der Waals surface area (Å²) in [5.74, 6) is 0.653. The van der Waals surface area contributed by atoms with Crippen LogP contribution in [-0.4, -0.2) is 81.0 Å². The van der Waals surface area contributed by atoms with Crippen molar-refractivity contribution < 1.29 is 19.1 Å². The number of imidazole rings is 1. The van der Waals surface area contributed by atoms with Gasteiger partial charge < -0.3 is 35.5 Å². The first kappa shape index (κ1) is 36.0. The lowest BCUT2D eigenvalue weighted by atomic mass is 10.0. The van der Waals surface area contributed by atoms with Crippen LogP contribution in [0.1, 0.15) is 60.0 Å². The van der Waals surface area contributed by atoms with Crippen molar-refractivity contribution in [3.8, 4) is 28.4 Å². The number of methoxy groups -OCH3 is 1. The van der Waals surface area contributed by atoms with Crippen molar-refractivity contribution in [2.45, 2.75) is 64.7 Å². The van der Waals surface area contributed by atoms with Gasteiger partial charge >= 0.3 is 0 Å². The summed E-state index contributed by atoms with van der Waals surface area (Å²) in [4.78, 5) is 52.3. The van der Waals surface area contributed by atoms with E-state index in [-0.39, 0.29) is 23.8 Å². The van der Waals surface area contributed by atoms with Crippen molar-refractivity contribution in [2.24, 2.45) is 7.05 Å². The van der Waals surface area contributed by atoms with Crippen LogP contribution < -0.4 is 26.0 Å². The van der Waals surface area contributed by atoms with Crippen molar-refractivity contribution in [2.75, 3.05) is 32.1 Å². The predicted molar refractivity (Wildman–Crippen MR) is 195 cm³/mol. The van der Waals surface area contributed by atoms with Gasteiger partial charge in [0.25, 0.3) is 5.91 Å². The largest absolute Gasteiger partial charge is 0.481 e. The molecule has 13 nitrogen and oxygen atoms in total. The average Bonchev–Trinajstić information content (AvgIpc) is 3.72. The average molecular weight is 714 g/mol. The number of rotatable bonds is 12. The Labute approximate surface area is 302 Å². The molecule has 14 heteroatoms. The molecule has 0 bridgehead atoms. The number of carbonyl (C=O) groups excluding carboxylic acids is 3. The minimum atomic E-state index is -0.328. The maximum atomic E-state index is 13.5. The van der Waals surface area contributed by atoms with Gasteiger partial charge in [0, 0.05) is 93.8 Å². The van der Waals surface area contributed by atoms with E-state index in [9.17, 15) is 14.4 Å². The van der Waals surface area contributed by atoms with Gasteiger partial charge in [0.05, 0.1) is 35.4 Å². The summed E-state index contributed by atoms with van der Waals surface area (Å²) in [6.45, 7) is 6.79. The molecule has 4 aromatic rings. The highest BCUT2D eigenvalue weighted by Crippen LogP contribution is 2.38. The van der Waals surface area contributed by atoms with E-state index in [0.29, 0.717) is 71.5 Å². The second-order valence-electron chi connectivity index (χ2n) is 13.0. The van der Waals surface area contributed by atoms with Crippen LogP contribution in [0.2, 0.25) is 5.02 Å². The first-order chi connectivity index (χ1) is 24.6. The smallest absolute Gasteiger partial charge is 0.291 e. The van der Waals surface area contributed by atoms with E-state index in [0.717, 1.165) is 54.7 Å². The number of benzene rings is 1. The number of hydrogen-bond acceptors (Lipinski definition) is 9. The molecule has 5 heterocycles. The van der Waals surface area contributed by atoms with Crippen molar-refractivity contribution in [1.82, 2.24) is 40.4 Å². The zero-order chi connectivity index (χ0) is 36.1. The number of piperidine rings is 1. The number of amides is 3. The van der Waals surface area contributed by atoms with Crippen LogP contribution >= 0.6 is 11.6 Å². The molecule has 2 fully saturated rings. The zero-order valence-electron chi connectivity index (χ0n) is 29.4. The van der Waals surface area contributed by atoms with Gasteiger partial charge in [-0.05, 0) is 49.9 Å². The molecule has 2 aliphatic heterocycles. The summed E-state index contributed by atoms with van der Waals surface area (Å²) in [6.07, 6.45) is 6.58. The summed E-state index contributed by atoms with van der Waals surface area (Å²) in [6, 6.07) is 11.7. The normalized spacial score (nSPS) is 16.3. The molecular weight excluding hydrogens is 670 g/mol. The first-order valence-corrected chi connectivity index (χ1v) is 17.6. The molecule has 268 valence electrons. The third kappa shape index (κ3) is 8.22. The molecule has 3 aromatic heterocycles. The van der Waals surface area contributed by atoms with Gasteiger partial charge in [-0.15, -0.1) is 0 Å². The van der Waals surface area contributed by atoms with E-state index in [2.05, 4.69) is 31.2 Å². The Morgan fingerprint density at radius 3 is 2.59 bits per heavy atom. The van der Waals surface area contributed by atoms with Crippen LogP contribution in [0.4, 0.5) is 5.69 Å². The van der Waals surface area contributed by atoms with Gasteiger partial charge in [0.1, 0.15) is 0 Å². The zero-order valence-corrected chi connectivity index (χ0v) is 30.1. The second kappa shape index (κ2) is 16.0. The number of pyridine rings is 2. The Morgan fingerprint density at radius 2 is 1.86 bits per heavy atom. The third-order valence-electron chi connectivity index (χ3n) is 9.73. The lowest BCUT2D eigenvalue weighted by Gasteiger charge is -2.31. The summed E-state index contributed by atoms with van der Waals surface area (Å²) in [5.41, 5.74) is 5.86. The molecule has 51 heavy (non-hydrogen) atoms. The second-order valence-corrected chi connectivity index (χ2v) is 13.4. The van der Waals surface area contributed by atoms with Crippen molar-refractivity contribution in [1.29, 1.82) is 0 Å². The molecule has 3 amide bonds. The molecule has 0 spiro atoms. The predicted octanol–water partition coefficient (Wildman–Crippen LogP) is 4.24. The fourth-order valence-electron chi connectivity index (χ4n) is 6.64. The van der Waals surface area contributed by atoms with E-state index in [4.69, 9.17) is 21.3 Å². The van der Waals surface area contributed by atoms with Crippen LogP contribution in [0.15, 0.2) is 48.8 Å². The van der Waals surface area contributed by atoms with Gasteiger partial charge in [-0.3, -0.25) is 19.4 Å². The van der Waals surface area contributed by atoms with Crippen LogP contribution in [0, 0.1) is 6.92 Å². The van der Waals surface area contributed by atoms with Crippen molar-refractivity contribution in [3.05, 3.63) is 76.5 Å². The minimum Gasteiger partial charge on any atom is -0.481 e. The third-order valence-corrected chi connectivity index (χ3v) is 10.1. The van der Waals surface area contributed by atoms with Gasteiger partial charge in [-0.1, -0.05) is 29.8 Å². The maximum absolute atomic E-state index is 13.5. The summed E-state index contributed by atoms with van der Waals surface area (Å²) < 4.78 is 7.43. The number of aromatic nitrogens is 4. The van der Waals surface area contributed by atoms with E-state index in [1.807, 2.05) is 55.3 Å². The SMILES string of the molecule is COc1nc(-c2ccnc(-c3cccc(NC(=O)c4ncc(CNC5CCN(C(C)=O)CC5)n4C)c3C)c2Cl)ccc1CNC[C@@H]1CCC(=O)N1. The Hall–Kier alpha value is -4.85. The lowest BCUT2D eigenvalue weighted by Crippen LogP contribution is -2.44. The molecule has 1 atom stereocenters. The maximum Gasteiger partial charge on any atom is 0.291 e. The molecule has 0 unspecified atom stereocenters. The highest BCUT2D eigenvalue weighted by Gasteiger charge is 2.23. The summed E-state index contributed by atoms with van der Waals surface area (Å²) in [5, 5.41) is 13.4. The molecule has 0 aliphatic carbocycles. The van der Waals surface area contributed by atoms with Crippen LogP contribution in [0.25, 0.3) is 22.5 Å². The molecule has 0 radical (unpaired) electrons. The Morgan fingerprint density at radius 1 is 1.06 bits per heavy atom. The fourth-order valence-corrected chi connectivity index (χ4v) is 6.96. The lowest BCUT2D eigenvalue weighted by molar-refractivity contribution is -0.130. The number of ether oxygens (including phenoxy) is 1. The number of halogens is 1. The van der Waals surface area contributed by atoms with E-state index in [1.165, 1.54) is 0 Å². The number of carbonyl (C=O) groups is 3. The molecule has 2 saturated heterocycles. The summed E-state index contributed by atoms with van der Waals surface area (Å²) >= 11 is 7.02. The number of hydrogen-bond donors (Lipinski definition) is 4. The molecule has 6 rings (SSSR count). The minimum absolute atomic E-state index is 0.0912. The highest BCUT2D eigenvalue weighted by atomic mass is 35.5. The molecule has 1 aromatic carbocycles. The van der Waals surface area contributed by atoms with E-state index >= 15 is 0 Å². The van der Waals surface area contributed by atoms with Crippen molar-refractivity contribution in [3.63, 3.8) is 0 Å². The number of nitrogens with zero attached hydrogens (tertiary/aromatic N) is 5. The Kier molecular flexibility index (Phi) is 11.3. The quantitative estimate of drug-likeness (QED) is 0.169. The number of likely N-dealkylation sites (tertiary alicyclic amines) is 1. The highest BCUT2D eigenvalue weighted by molar-refractivity contribution is 6.35. The van der Waals surface area contributed by atoms with Gasteiger partial charge in [0.15, 0.2) is 5.82 Å². The molecular formula is C37H44ClN9O4. The topological polar surface area (TPSA) is 155 Å². The van der Waals surface area contributed by atoms with Crippen LogP contribution in [0.5, 0.6) is 5.88 Å². The van der Waals surface area contributed by atoms with E-state index < -0.39 is 0 Å². The molecule has 4 N–H and O–H groups in total. The summed E-state index contributed by atoms with van der Waals surface area (Å²) in [7, 11) is 3.42. The monoisotopic (exact) mass is 713 g/mol. The van der Waals surface area contributed by atoms with Gasteiger partial charge in [0.2, 0.25) is 17.7 Å². The number of nitrogens with one attached hydrogen (secondary N) is 4. The van der Waals surface area contributed by atoms with Gasteiger partial charge in [-0.2, -0.15) is 0 Å². The fraction of sp³-hybridized carbons (Fsp3) is 0.405. The van der Waals surface area contributed by atoms with Gasteiger partial charge in [-0.25, -0.2) is 9.97 Å². The Bertz CT molecular complexity index is 1920. The number of anilines is 1. The van der Waals surface area contributed by atoms with Crippen LogP contribution in [0.3, 0.4) is 0 Å².